The highest BCUT2D eigenvalue weighted by atomic mass is 16.5. The Morgan fingerprint density at radius 3 is 3.15 bits per heavy atom. The van der Waals surface area contributed by atoms with Gasteiger partial charge in [0.1, 0.15) is 5.52 Å². The Balaban J connectivity index is 1.87. The molecule has 2 heterocycles. The number of hydrogen-bond donors (Lipinski definition) is 1. The Hall–Kier alpha value is -1.99. The first-order valence-corrected chi connectivity index (χ1v) is 6.50. The number of fused-ring (bicyclic) bond motifs is 1. The van der Waals surface area contributed by atoms with E-state index >= 15 is 0 Å². The average Bonchev–Trinajstić information content (AvgIpc) is 2.81. The summed E-state index contributed by atoms with van der Waals surface area (Å²) in [6, 6.07) is 4.81. The van der Waals surface area contributed by atoms with Crippen molar-refractivity contribution in [2.45, 2.75) is 12.6 Å². The highest BCUT2D eigenvalue weighted by Gasteiger charge is 2.20. The lowest BCUT2D eigenvalue weighted by molar-refractivity contribution is -0.0286. The van der Waals surface area contributed by atoms with Crippen LogP contribution in [0.25, 0.3) is 11.0 Å². The van der Waals surface area contributed by atoms with Gasteiger partial charge in [-0.05, 0) is 25.2 Å². The molecule has 1 aromatic heterocycles. The molecular formula is C13H16N4O3. The molecule has 1 unspecified atom stereocenters. The van der Waals surface area contributed by atoms with Crippen LogP contribution in [-0.2, 0) is 11.3 Å². The lowest BCUT2D eigenvalue weighted by Crippen LogP contribution is -2.42. The van der Waals surface area contributed by atoms with Gasteiger partial charge in [-0.25, -0.2) is 9.48 Å². The van der Waals surface area contributed by atoms with Crippen molar-refractivity contribution < 1.29 is 14.6 Å². The molecule has 3 rings (SSSR count). The van der Waals surface area contributed by atoms with Crippen LogP contribution in [0.15, 0.2) is 18.2 Å². The summed E-state index contributed by atoms with van der Waals surface area (Å²) in [5, 5.41) is 17.2. The van der Waals surface area contributed by atoms with Gasteiger partial charge in [-0.15, -0.1) is 5.10 Å². The van der Waals surface area contributed by atoms with Crippen molar-refractivity contribution in [2.24, 2.45) is 0 Å². The fourth-order valence-electron chi connectivity index (χ4n) is 2.40. The lowest BCUT2D eigenvalue weighted by atomic mass is 10.2. The van der Waals surface area contributed by atoms with E-state index in [0.29, 0.717) is 18.7 Å². The maximum Gasteiger partial charge on any atom is 0.335 e. The summed E-state index contributed by atoms with van der Waals surface area (Å²) in [5.41, 5.74) is 1.66. The van der Waals surface area contributed by atoms with Gasteiger partial charge in [-0.2, -0.15) is 0 Å². The Labute approximate surface area is 115 Å². The fourth-order valence-corrected chi connectivity index (χ4v) is 2.40. The molecule has 7 heteroatoms. The number of morpholine rings is 1. The summed E-state index contributed by atoms with van der Waals surface area (Å²) in [6.45, 7) is 3.04. The quantitative estimate of drug-likeness (QED) is 0.877. The second kappa shape index (κ2) is 5.18. The van der Waals surface area contributed by atoms with E-state index in [2.05, 4.69) is 22.3 Å². The van der Waals surface area contributed by atoms with Crippen LogP contribution >= 0.6 is 0 Å². The molecular weight excluding hydrogens is 260 g/mol. The van der Waals surface area contributed by atoms with Crippen LogP contribution in [-0.4, -0.2) is 63.8 Å². The zero-order chi connectivity index (χ0) is 14.1. The summed E-state index contributed by atoms with van der Waals surface area (Å²) in [7, 11) is 2.05. The molecule has 1 aliphatic rings. The van der Waals surface area contributed by atoms with Crippen molar-refractivity contribution in [3.05, 3.63) is 23.8 Å². The molecule has 106 valence electrons. The Bertz CT molecular complexity index is 640. The third kappa shape index (κ3) is 2.50. The second-order valence-corrected chi connectivity index (χ2v) is 5.04. The highest BCUT2D eigenvalue weighted by Crippen LogP contribution is 2.15. The standard InChI is InChI=1S/C13H16N4O3/c1-16-4-5-20-10(7-16)8-17-12-6-9(13(18)19)2-3-11(12)14-15-17/h2-3,6,10H,4-5,7-8H2,1H3,(H,18,19). The van der Waals surface area contributed by atoms with Crippen LogP contribution in [0.3, 0.4) is 0 Å². The van der Waals surface area contributed by atoms with Crippen molar-refractivity contribution in [2.75, 3.05) is 26.7 Å². The number of nitrogens with zero attached hydrogens (tertiary/aromatic N) is 4. The minimum Gasteiger partial charge on any atom is -0.478 e. The normalized spacial score (nSPS) is 20.4. The molecule has 1 saturated heterocycles. The summed E-state index contributed by atoms with van der Waals surface area (Å²) in [4.78, 5) is 13.2. The molecule has 0 bridgehead atoms. The zero-order valence-corrected chi connectivity index (χ0v) is 11.2. The number of aromatic carboxylic acids is 1. The number of rotatable bonds is 3. The van der Waals surface area contributed by atoms with Gasteiger partial charge in [0, 0.05) is 13.1 Å². The smallest absolute Gasteiger partial charge is 0.335 e. The predicted octanol–water partition coefficient (Wildman–Crippen LogP) is 0.460. The van der Waals surface area contributed by atoms with Crippen molar-refractivity contribution in [3.8, 4) is 0 Å². The van der Waals surface area contributed by atoms with Crippen molar-refractivity contribution in [3.63, 3.8) is 0 Å². The van der Waals surface area contributed by atoms with Gasteiger partial charge in [-0.3, -0.25) is 0 Å². The molecule has 0 amide bonds. The molecule has 1 aliphatic heterocycles. The SMILES string of the molecule is CN1CCOC(Cn2nnc3ccc(C(=O)O)cc32)C1. The first-order valence-electron chi connectivity index (χ1n) is 6.50. The monoisotopic (exact) mass is 276 g/mol. The van der Waals surface area contributed by atoms with E-state index in [0.717, 1.165) is 18.6 Å². The number of carboxylic acids is 1. The van der Waals surface area contributed by atoms with E-state index in [4.69, 9.17) is 9.84 Å². The number of carbonyl (C=O) groups is 1. The number of hydrogen-bond acceptors (Lipinski definition) is 5. The maximum absolute atomic E-state index is 11.0. The van der Waals surface area contributed by atoms with E-state index in [1.807, 2.05) is 0 Å². The van der Waals surface area contributed by atoms with Gasteiger partial charge in [-0.1, -0.05) is 5.21 Å². The first-order chi connectivity index (χ1) is 9.63. The van der Waals surface area contributed by atoms with Gasteiger partial charge in [0.25, 0.3) is 0 Å². The molecule has 20 heavy (non-hydrogen) atoms. The average molecular weight is 276 g/mol. The largest absolute Gasteiger partial charge is 0.478 e. The van der Waals surface area contributed by atoms with Gasteiger partial charge in [0.15, 0.2) is 0 Å². The summed E-state index contributed by atoms with van der Waals surface area (Å²) in [5.74, 6) is -0.951. The third-order valence-corrected chi connectivity index (χ3v) is 3.48. The van der Waals surface area contributed by atoms with E-state index in [1.165, 1.54) is 6.07 Å². The molecule has 1 fully saturated rings. The minimum absolute atomic E-state index is 0.0483. The zero-order valence-electron chi connectivity index (χ0n) is 11.2. The second-order valence-electron chi connectivity index (χ2n) is 5.04. The van der Waals surface area contributed by atoms with Crippen LogP contribution in [0.5, 0.6) is 0 Å². The minimum atomic E-state index is -0.951. The number of aromatic nitrogens is 3. The number of likely N-dealkylation sites (N-methyl/N-ethyl adjacent to an activating group) is 1. The van der Waals surface area contributed by atoms with Crippen molar-refractivity contribution in [1.82, 2.24) is 19.9 Å². The topological polar surface area (TPSA) is 80.5 Å². The molecule has 1 aromatic carbocycles. The van der Waals surface area contributed by atoms with Crippen molar-refractivity contribution in [1.29, 1.82) is 0 Å². The number of carboxylic acid groups (broad SMARTS) is 1. The molecule has 1 atom stereocenters. The first kappa shape index (κ1) is 13.0. The Morgan fingerprint density at radius 1 is 1.55 bits per heavy atom. The van der Waals surface area contributed by atoms with Crippen LogP contribution in [0.4, 0.5) is 0 Å². The van der Waals surface area contributed by atoms with Crippen LogP contribution < -0.4 is 0 Å². The molecule has 0 radical (unpaired) electrons. The van der Waals surface area contributed by atoms with E-state index in [-0.39, 0.29) is 11.7 Å². The van der Waals surface area contributed by atoms with Crippen LogP contribution in [0.2, 0.25) is 0 Å². The molecule has 0 spiro atoms. The lowest BCUT2D eigenvalue weighted by Gasteiger charge is -2.29. The third-order valence-electron chi connectivity index (χ3n) is 3.48. The van der Waals surface area contributed by atoms with E-state index in [9.17, 15) is 4.79 Å². The van der Waals surface area contributed by atoms with E-state index in [1.54, 1.807) is 16.8 Å². The number of benzene rings is 1. The summed E-state index contributed by atoms with van der Waals surface area (Å²) < 4.78 is 7.42. The molecule has 1 N–H and O–H groups in total. The van der Waals surface area contributed by atoms with Gasteiger partial charge in [0.2, 0.25) is 0 Å². The van der Waals surface area contributed by atoms with Gasteiger partial charge < -0.3 is 14.7 Å². The summed E-state index contributed by atoms with van der Waals surface area (Å²) in [6.07, 6.45) is 0.0483. The highest BCUT2D eigenvalue weighted by molar-refractivity contribution is 5.92. The Morgan fingerprint density at radius 2 is 2.40 bits per heavy atom. The van der Waals surface area contributed by atoms with Crippen LogP contribution in [0.1, 0.15) is 10.4 Å². The van der Waals surface area contributed by atoms with Crippen LogP contribution in [0, 0.1) is 0 Å². The Kier molecular flexibility index (Phi) is 3.37. The number of ether oxygens (including phenoxy) is 1. The fraction of sp³-hybridized carbons (Fsp3) is 0.462. The summed E-state index contributed by atoms with van der Waals surface area (Å²) >= 11 is 0. The molecule has 0 saturated carbocycles. The predicted molar refractivity (Wildman–Crippen MR) is 71.7 cm³/mol. The van der Waals surface area contributed by atoms with E-state index < -0.39 is 5.97 Å². The maximum atomic E-state index is 11.0. The van der Waals surface area contributed by atoms with Crippen molar-refractivity contribution >= 4 is 17.0 Å². The molecule has 0 aliphatic carbocycles. The van der Waals surface area contributed by atoms with Gasteiger partial charge in [0.05, 0.1) is 30.3 Å². The molecule has 2 aromatic rings. The van der Waals surface area contributed by atoms with Gasteiger partial charge >= 0.3 is 5.97 Å². The molecule has 7 nitrogen and oxygen atoms in total.